The maximum absolute atomic E-state index is 10.9. The first-order valence-electron chi connectivity index (χ1n) is 3.22. The molecule has 0 aliphatic heterocycles. The summed E-state index contributed by atoms with van der Waals surface area (Å²) in [5.41, 5.74) is 5.13. The van der Waals surface area contributed by atoms with Gasteiger partial charge >= 0.3 is 5.91 Å². The van der Waals surface area contributed by atoms with Gasteiger partial charge in [0.15, 0.2) is 0 Å². The summed E-state index contributed by atoms with van der Waals surface area (Å²) in [5, 5.41) is 0. The highest BCUT2D eigenvalue weighted by atomic mass is 16.5. The van der Waals surface area contributed by atoms with Crippen molar-refractivity contribution in [3.05, 3.63) is 0 Å². The maximum atomic E-state index is 10.9. The van der Waals surface area contributed by atoms with Gasteiger partial charge in [0.2, 0.25) is 13.5 Å². The lowest BCUT2D eigenvalue weighted by molar-refractivity contribution is -0.130. The Bertz CT molecular complexity index is 112. The Labute approximate surface area is 66.1 Å². The highest BCUT2D eigenvalue weighted by Crippen LogP contribution is 1.83. The van der Waals surface area contributed by atoms with E-state index in [2.05, 4.69) is 0 Å². The molecule has 5 nitrogen and oxygen atoms in total. The van der Waals surface area contributed by atoms with Gasteiger partial charge in [-0.25, -0.2) is 4.79 Å². The fourth-order valence-electron chi connectivity index (χ4n) is 0.622. The van der Waals surface area contributed by atoms with Gasteiger partial charge in [0.05, 0.1) is 0 Å². The van der Waals surface area contributed by atoms with Crippen LogP contribution in [0, 0.1) is 0 Å². The number of hydrogen-bond donors (Lipinski definition) is 1. The van der Waals surface area contributed by atoms with Crippen molar-refractivity contribution >= 4 is 5.91 Å². The average molecular weight is 162 g/mol. The van der Waals surface area contributed by atoms with Gasteiger partial charge in [-0.3, -0.25) is 0 Å². The molecule has 0 aromatic heterocycles. The van der Waals surface area contributed by atoms with Gasteiger partial charge in [-0.15, -0.1) is 0 Å². The van der Waals surface area contributed by atoms with Crippen molar-refractivity contribution in [2.75, 3.05) is 34.2 Å². The summed E-state index contributed by atoms with van der Waals surface area (Å²) in [6, 6.07) is 0. The van der Waals surface area contributed by atoms with Crippen LogP contribution < -0.4 is 10.6 Å². The number of nitrogens with zero attached hydrogens (tertiary/aromatic N) is 1. The molecule has 0 unspecified atom stereocenters. The Hall–Kier alpha value is -0.490. The molecule has 0 saturated heterocycles. The monoisotopic (exact) mass is 162 g/mol. The Morgan fingerprint density at radius 2 is 1.82 bits per heavy atom. The third-order valence-corrected chi connectivity index (χ3v) is 1.10. The van der Waals surface area contributed by atoms with Gasteiger partial charge in [-0.2, -0.15) is 0 Å². The van der Waals surface area contributed by atoms with Crippen LogP contribution in [0.3, 0.4) is 0 Å². The molecule has 0 heterocycles. The normalized spacial score (nSPS) is 10.5. The molecule has 0 saturated carbocycles. The summed E-state index contributed by atoms with van der Waals surface area (Å²) in [4.78, 5) is 12.3. The Morgan fingerprint density at radius 3 is 2.09 bits per heavy atom. The summed E-state index contributed by atoms with van der Waals surface area (Å²) in [6.45, 7) is 0.403. The number of nitrogens with two attached hydrogens (primary N) is 1. The van der Waals surface area contributed by atoms with Crippen LogP contribution in [0.2, 0.25) is 0 Å². The molecule has 0 aliphatic rings. The maximum Gasteiger partial charge on any atom is 0.378 e. The fourth-order valence-corrected chi connectivity index (χ4v) is 0.622. The minimum atomic E-state index is -0.186. The predicted molar refractivity (Wildman–Crippen MR) is 39.9 cm³/mol. The number of amides is 1. The summed E-state index contributed by atoms with van der Waals surface area (Å²) >= 11 is 0. The van der Waals surface area contributed by atoms with Crippen molar-refractivity contribution in [3.63, 3.8) is 0 Å². The number of hydrogen-bond acceptors (Lipinski definition) is 4. The molecule has 0 rings (SSSR count). The molecule has 5 heteroatoms. The van der Waals surface area contributed by atoms with Crippen LogP contribution in [0.15, 0.2) is 0 Å². The molecule has 0 bridgehead atoms. The van der Waals surface area contributed by atoms with Crippen molar-refractivity contribution in [1.82, 2.24) is 4.90 Å². The fraction of sp³-hybridized carbons (Fsp3) is 0.833. The zero-order valence-corrected chi connectivity index (χ0v) is 6.87. The molecule has 0 atom stereocenters. The van der Waals surface area contributed by atoms with E-state index < -0.39 is 0 Å². The molecule has 0 aromatic rings. The van der Waals surface area contributed by atoms with Crippen LogP contribution in [0.5, 0.6) is 0 Å². The van der Waals surface area contributed by atoms with E-state index in [9.17, 15) is 4.79 Å². The smallest absolute Gasteiger partial charge is 0.331 e. The van der Waals surface area contributed by atoms with Crippen molar-refractivity contribution in [1.29, 1.82) is 0 Å². The molecule has 11 heavy (non-hydrogen) atoms. The van der Waals surface area contributed by atoms with Crippen LogP contribution in [-0.2, 0) is 14.3 Å². The first-order valence-corrected chi connectivity index (χ1v) is 3.22. The van der Waals surface area contributed by atoms with E-state index in [-0.39, 0.29) is 25.9 Å². The highest BCUT2D eigenvalue weighted by molar-refractivity contribution is 5.80. The number of ether oxygens (including phenoxy) is 2. The largest absolute Gasteiger partial charge is 0.378 e. The molecule has 0 aliphatic carbocycles. The lowest BCUT2D eigenvalue weighted by atomic mass is 10.5. The Morgan fingerprint density at radius 1 is 1.36 bits per heavy atom. The summed E-state index contributed by atoms with van der Waals surface area (Å²) in [6.07, 6.45) is 0. The van der Waals surface area contributed by atoms with E-state index in [1.165, 1.54) is 19.1 Å². The molecular formula is C6H14N2O3+. The molecular weight excluding hydrogens is 148 g/mol. The van der Waals surface area contributed by atoms with Crippen LogP contribution in [0.4, 0.5) is 0 Å². The number of carbonyl (C=O) groups excluding carboxylic acids is 1. The zero-order valence-electron chi connectivity index (χ0n) is 6.87. The van der Waals surface area contributed by atoms with E-state index in [1.54, 1.807) is 0 Å². The van der Waals surface area contributed by atoms with Gasteiger partial charge in [0.25, 0.3) is 0 Å². The second-order valence-corrected chi connectivity index (χ2v) is 1.97. The molecule has 1 amide bonds. The lowest BCUT2D eigenvalue weighted by Crippen LogP contribution is -2.43. The number of methoxy groups -OCH3 is 2. The van der Waals surface area contributed by atoms with Crippen LogP contribution in [-0.4, -0.2) is 40.1 Å². The van der Waals surface area contributed by atoms with Gasteiger partial charge in [0, 0.05) is 14.2 Å². The van der Waals surface area contributed by atoms with E-state index >= 15 is 0 Å². The zero-order chi connectivity index (χ0) is 8.69. The Kier molecular flexibility index (Phi) is 5.96. The second kappa shape index (κ2) is 6.23. The van der Waals surface area contributed by atoms with E-state index in [0.29, 0.717) is 0 Å². The second-order valence-electron chi connectivity index (χ2n) is 1.97. The van der Waals surface area contributed by atoms with E-state index in [1.807, 2.05) is 0 Å². The topological polar surface area (TPSA) is 67.5 Å². The SMILES string of the molecule is COC[N+](COC)C(=O)CN. The highest BCUT2D eigenvalue weighted by Gasteiger charge is 2.23. The third kappa shape index (κ3) is 4.05. The van der Waals surface area contributed by atoms with Crippen LogP contribution >= 0.6 is 0 Å². The first-order chi connectivity index (χ1) is 5.26. The average Bonchev–Trinajstić information content (AvgIpc) is 2.03. The predicted octanol–water partition coefficient (Wildman–Crippen LogP) is -1.18. The lowest BCUT2D eigenvalue weighted by Gasteiger charge is -2.05. The van der Waals surface area contributed by atoms with E-state index in [0.717, 1.165) is 0 Å². The van der Waals surface area contributed by atoms with Gasteiger partial charge in [-0.1, -0.05) is 4.90 Å². The van der Waals surface area contributed by atoms with Crippen LogP contribution in [0.25, 0.3) is 0 Å². The van der Waals surface area contributed by atoms with Crippen molar-refractivity contribution in [3.8, 4) is 0 Å². The van der Waals surface area contributed by atoms with Gasteiger partial charge in [0.1, 0.15) is 6.54 Å². The minimum Gasteiger partial charge on any atom is -0.331 e. The molecule has 0 fully saturated rings. The summed E-state index contributed by atoms with van der Waals surface area (Å²) in [5.74, 6) is -0.186. The van der Waals surface area contributed by atoms with Gasteiger partial charge < -0.3 is 15.2 Å². The number of carbonyl (C=O) groups is 1. The van der Waals surface area contributed by atoms with Crippen LogP contribution in [0.1, 0.15) is 0 Å². The molecule has 0 spiro atoms. The molecule has 65 valence electrons. The van der Waals surface area contributed by atoms with Crippen molar-refractivity contribution < 1.29 is 14.3 Å². The summed E-state index contributed by atoms with van der Waals surface area (Å²) < 4.78 is 9.50. The first kappa shape index (κ1) is 10.5. The Balaban J connectivity index is 3.76. The van der Waals surface area contributed by atoms with E-state index in [4.69, 9.17) is 15.2 Å². The minimum absolute atomic E-state index is 0.0211. The standard InChI is InChI=1S/C6H14N2O3/c1-10-4-8(5-11-2)6(9)3-7/h3-5,7H2,1-2H3/q+1. The molecule has 2 N–H and O–H groups in total. The number of rotatable bonds is 5. The molecule has 1 radical (unpaired) electrons. The molecule has 0 aromatic carbocycles. The van der Waals surface area contributed by atoms with Crippen molar-refractivity contribution in [2.45, 2.75) is 0 Å². The summed E-state index contributed by atoms with van der Waals surface area (Å²) in [7, 11) is 3.01. The quantitative estimate of drug-likeness (QED) is 0.408. The van der Waals surface area contributed by atoms with Gasteiger partial charge in [-0.05, 0) is 0 Å². The van der Waals surface area contributed by atoms with Crippen molar-refractivity contribution in [2.24, 2.45) is 5.73 Å². The third-order valence-electron chi connectivity index (χ3n) is 1.10.